The van der Waals surface area contributed by atoms with E-state index in [1.165, 1.54) is 29.4 Å². The quantitative estimate of drug-likeness (QED) is 0.681. The van der Waals surface area contributed by atoms with E-state index in [1.807, 2.05) is 25.3 Å². The summed E-state index contributed by atoms with van der Waals surface area (Å²) in [6.45, 7) is 4.36. The Bertz CT molecular complexity index is 827. The summed E-state index contributed by atoms with van der Waals surface area (Å²) in [7, 11) is 2.04. The smallest absolute Gasteiger partial charge is 0.270 e. The molecule has 0 aliphatic carbocycles. The second-order valence-corrected chi connectivity index (χ2v) is 6.65. The topological polar surface area (TPSA) is 66.6 Å². The van der Waals surface area contributed by atoms with Crippen LogP contribution in [0.1, 0.15) is 25.0 Å². The minimum atomic E-state index is -0.460. The maximum Gasteiger partial charge on any atom is 0.270 e. The molecule has 5 nitrogen and oxygen atoms in total. The molecule has 1 aliphatic rings. The van der Waals surface area contributed by atoms with Gasteiger partial charge in [-0.2, -0.15) is 0 Å². The van der Waals surface area contributed by atoms with Crippen LogP contribution in [0, 0.1) is 10.1 Å². The second-order valence-electron chi connectivity index (χ2n) is 6.65. The largest absolute Gasteiger partial charge is 0.507 e. The summed E-state index contributed by atoms with van der Waals surface area (Å²) < 4.78 is 0. The average molecular weight is 324 g/mol. The van der Waals surface area contributed by atoms with Gasteiger partial charge in [-0.3, -0.25) is 10.1 Å². The number of anilines is 1. The Morgan fingerprint density at radius 2 is 1.96 bits per heavy atom. The zero-order valence-electron chi connectivity index (χ0n) is 13.9. The van der Waals surface area contributed by atoms with Crippen molar-refractivity contribution in [3.63, 3.8) is 0 Å². The van der Waals surface area contributed by atoms with Gasteiger partial charge in [-0.1, -0.05) is 44.2 Å². The van der Waals surface area contributed by atoms with Crippen LogP contribution in [-0.2, 0) is 5.41 Å². The predicted octanol–water partition coefficient (Wildman–Crippen LogP) is 4.11. The molecule has 1 N–H and O–H groups in total. The molecule has 124 valence electrons. The highest BCUT2D eigenvalue weighted by Gasteiger charge is 2.41. The monoisotopic (exact) mass is 324 g/mol. The summed E-state index contributed by atoms with van der Waals surface area (Å²) in [6.07, 6.45) is 3.76. The lowest BCUT2D eigenvalue weighted by Crippen LogP contribution is -2.37. The molecule has 1 aliphatic heterocycles. The van der Waals surface area contributed by atoms with E-state index in [-0.39, 0.29) is 22.9 Å². The summed E-state index contributed by atoms with van der Waals surface area (Å²) in [5.74, 6) is 0.0350. The van der Waals surface area contributed by atoms with E-state index in [0.29, 0.717) is 5.56 Å². The van der Waals surface area contributed by atoms with Gasteiger partial charge in [-0.25, -0.2) is 0 Å². The molecule has 1 atom stereocenters. The minimum absolute atomic E-state index is 0.0326. The SMILES string of the molecule is CN1c2ccccc2C(C)(C)C1/C=C/c1cc([N+](=O)[O-])ccc1O. The number of hydrogen-bond donors (Lipinski definition) is 1. The molecule has 3 rings (SSSR count). The number of phenolic OH excluding ortho intramolecular Hbond substituents is 1. The third kappa shape index (κ3) is 2.52. The van der Waals surface area contributed by atoms with Gasteiger partial charge in [0.15, 0.2) is 0 Å². The fourth-order valence-corrected chi connectivity index (χ4v) is 3.47. The van der Waals surface area contributed by atoms with E-state index >= 15 is 0 Å². The number of phenols is 1. The van der Waals surface area contributed by atoms with Crippen LogP contribution in [0.3, 0.4) is 0 Å². The molecule has 2 aromatic carbocycles. The van der Waals surface area contributed by atoms with Crippen molar-refractivity contribution < 1.29 is 10.0 Å². The Kier molecular flexibility index (Phi) is 3.79. The lowest BCUT2D eigenvalue weighted by Gasteiger charge is -2.29. The third-order valence-corrected chi connectivity index (χ3v) is 4.81. The summed E-state index contributed by atoms with van der Waals surface area (Å²) in [5, 5.41) is 20.9. The first-order valence-corrected chi connectivity index (χ1v) is 7.80. The van der Waals surface area contributed by atoms with E-state index in [1.54, 1.807) is 6.08 Å². The highest BCUT2D eigenvalue weighted by atomic mass is 16.6. The third-order valence-electron chi connectivity index (χ3n) is 4.81. The van der Waals surface area contributed by atoms with Gasteiger partial charge in [0.25, 0.3) is 5.69 Å². The van der Waals surface area contributed by atoms with Crippen molar-refractivity contribution in [1.82, 2.24) is 0 Å². The molecule has 0 fully saturated rings. The van der Waals surface area contributed by atoms with E-state index < -0.39 is 4.92 Å². The normalized spacial score (nSPS) is 18.8. The number of nitro benzene ring substituents is 1. The molecule has 5 heteroatoms. The Labute approximate surface area is 141 Å². The van der Waals surface area contributed by atoms with Crippen molar-refractivity contribution in [2.75, 3.05) is 11.9 Å². The molecule has 0 saturated heterocycles. The Balaban J connectivity index is 1.96. The second kappa shape index (κ2) is 5.67. The van der Waals surface area contributed by atoms with E-state index in [2.05, 4.69) is 30.9 Å². The van der Waals surface area contributed by atoms with Gasteiger partial charge in [0.2, 0.25) is 0 Å². The number of benzene rings is 2. The van der Waals surface area contributed by atoms with Gasteiger partial charge in [-0.15, -0.1) is 0 Å². The molecule has 24 heavy (non-hydrogen) atoms. The molecular weight excluding hydrogens is 304 g/mol. The van der Waals surface area contributed by atoms with Gasteiger partial charge in [-0.05, 0) is 17.7 Å². The number of likely N-dealkylation sites (N-methyl/N-ethyl adjacent to an activating group) is 1. The molecule has 0 bridgehead atoms. The number of aromatic hydroxyl groups is 1. The summed E-state index contributed by atoms with van der Waals surface area (Å²) in [5.41, 5.74) is 2.77. The summed E-state index contributed by atoms with van der Waals surface area (Å²) in [4.78, 5) is 12.7. The molecule has 0 spiro atoms. The fraction of sp³-hybridized carbons (Fsp3) is 0.263. The van der Waals surface area contributed by atoms with Crippen LogP contribution in [0.5, 0.6) is 5.75 Å². The van der Waals surface area contributed by atoms with E-state index in [4.69, 9.17) is 0 Å². The number of para-hydroxylation sites is 1. The maximum atomic E-state index is 10.9. The van der Waals surface area contributed by atoms with Crippen molar-refractivity contribution in [2.24, 2.45) is 0 Å². The fourth-order valence-electron chi connectivity index (χ4n) is 3.47. The first-order valence-electron chi connectivity index (χ1n) is 7.80. The van der Waals surface area contributed by atoms with Crippen LogP contribution < -0.4 is 4.90 Å². The molecule has 2 aromatic rings. The van der Waals surface area contributed by atoms with Gasteiger partial charge in [0.1, 0.15) is 5.75 Å². The minimum Gasteiger partial charge on any atom is -0.507 e. The van der Waals surface area contributed by atoms with Crippen molar-refractivity contribution in [1.29, 1.82) is 0 Å². The van der Waals surface area contributed by atoms with Gasteiger partial charge < -0.3 is 10.0 Å². The number of fused-ring (bicyclic) bond motifs is 1. The first kappa shape index (κ1) is 16.1. The lowest BCUT2D eigenvalue weighted by atomic mass is 9.80. The average Bonchev–Trinajstić information content (AvgIpc) is 2.74. The molecule has 0 aromatic heterocycles. The molecule has 0 saturated carbocycles. The predicted molar refractivity (Wildman–Crippen MR) is 95.5 cm³/mol. The summed E-state index contributed by atoms with van der Waals surface area (Å²) in [6, 6.07) is 12.4. The van der Waals surface area contributed by atoms with Crippen molar-refractivity contribution in [2.45, 2.75) is 25.3 Å². The number of nitrogens with zero attached hydrogens (tertiary/aromatic N) is 2. The Morgan fingerprint density at radius 1 is 1.25 bits per heavy atom. The van der Waals surface area contributed by atoms with Crippen molar-refractivity contribution >= 4 is 17.5 Å². The molecule has 0 radical (unpaired) electrons. The summed E-state index contributed by atoms with van der Waals surface area (Å²) >= 11 is 0. The van der Waals surface area contributed by atoms with E-state index in [9.17, 15) is 15.2 Å². The number of nitro groups is 1. The highest BCUT2D eigenvalue weighted by molar-refractivity contribution is 5.68. The Morgan fingerprint density at radius 3 is 2.62 bits per heavy atom. The first-order chi connectivity index (χ1) is 11.3. The number of hydrogen-bond acceptors (Lipinski definition) is 4. The van der Waals surface area contributed by atoms with Crippen LogP contribution in [0.4, 0.5) is 11.4 Å². The van der Waals surface area contributed by atoms with Crippen LogP contribution in [-0.4, -0.2) is 23.1 Å². The van der Waals surface area contributed by atoms with Gasteiger partial charge in [0, 0.05) is 35.8 Å². The van der Waals surface area contributed by atoms with Gasteiger partial charge in [0.05, 0.1) is 11.0 Å². The van der Waals surface area contributed by atoms with Crippen molar-refractivity contribution in [3.8, 4) is 5.75 Å². The standard InChI is InChI=1S/C19H20N2O3/c1-19(2)15-6-4-5-7-16(15)20(3)18(19)11-8-13-12-14(21(23)24)9-10-17(13)22/h4-12,18,22H,1-3H3/b11-8+. The van der Waals surface area contributed by atoms with Crippen molar-refractivity contribution in [3.05, 3.63) is 69.8 Å². The molecule has 1 heterocycles. The van der Waals surface area contributed by atoms with E-state index in [0.717, 1.165) is 0 Å². The lowest BCUT2D eigenvalue weighted by molar-refractivity contribution is -0.384. The molecule has 1 unspecified atom stereocenters. The Hall–Kier alpha value is -2.82. The van der Waals surface area contributed by atoms with Gasteiger partial charge >= 0.3 is 0 Å². The van der Waals surface area contributed by atoms with Crippen LogP contribution in [0.2, 0.25) is 0 Å². The van der Waals surface area contributed by atoms with Crippen LogP contribution in [0.25, 0.3) is 6.08 Å². The number of rotatable bonds is 3. The van der Waals surface area contributed by atoms with Crippen LogP contribution in [0.15, 0.2) is 48.5 Å². The maximum absolute atomic E-state index is 10.9. The van der Waals surface area contributed by atoms with Crippen LogP contribution >= 0.6 is 0 Å². The zero-order chi connectivity index (χ0) is 17.5. The highest BCUT2D eigenvalue weighted by Crippen LogP contribution is 2.44. The molecule has 0 amide bonds. The molecular formula is C19H20N2O3. The number of non-ortho nitro benzene ring substituents is 1. The zero-order valence-corrected chi connectivity index (χ0v) is 13.9.